The number of nitrogens with zero attached hydrogens (tertiary/aromatic N) is 2. The van der Waals surface area contributed by atoms with Gasteiger partial charge in [0, 0.05) is 12.7 Å². The zero-order valence-electron chi connectivity index (χ0n) is 9.08. The molecule has 1 rings (SSSR count). The number of H-pyrrole nitrogens is 1. The number of nitrogens with one attached hydrogen (secondary N) is 1. The number of hydrogen-bond donors (Lipinski definition) is 1. The highest BCUT2D eigenvalue weighted by molar-refractivity contribution is 9.10. The van der Waals surface area contributed by atoms with Gasteiger partial charge in [-0.15, -0.1) is 0 Å². The molecule has 0 aliphatic rings. The fourth-order valence-corrected chi connectivity index (χ4v) is 1.46. The highest BCUT2D eigenvalue weighted by atomic mass is 79.9. The molecule has 0 amide bonds. The first-order valence-corrected chi connectivity index (χ1v) is 5.56. The van der Waals surface area contributed by atoms with E-state index in [-0.39, 0.29) is 12.1 Å². The standard InChI is InChI=1S/C10H12BrN3O2/c1-10(2,6-12)3-4-14-8(15)7(11)5-13-9(14)16/h5H,3-4H2,1-2H3,(H,13,16). The minimum atomic E-state index is -0.547. The second kappa shape index (κ2) is 4.66. The van der Waals surface area contributed by atoms with Crippen LogP contribution in [0.4, 0.5) is 0 Å². The van der Waals surface area contributed by atoms with Gasteiger partial charge in [0.2, 0.25) is 0 Å². The summed E-state index contributed by atoms with van der Waals surface area (Å²) in [7, 11) is 0. The average Bonchev–Trinajstić information content (AvgIpc) is 2.24. The van der Waals surface area contributed by atoms with Gasteiger partial charge >= 0.3 is 5.69 Å². The van der Waals surface area contributed by atoms with E-state index in [0.29, 0.717) is 10.9 Å². The molecule has 0 spiro atoms. The van der Waals surface area contributed by atoms with Crippen LogP contribution >= 0.6 is 15.9 Å². The van der Waals surface area contributed by atoms with E-state index in [2.05, 4.69) is 27.0 Å². The third kappa shape index (κ3) is 2.83. The van der Waals surface area contributed by atoms with Crippen molar-refractivity contribution in [1.29, 1.82) is 5.26 Å². The maximum absolute atomic E-state index is 11.6. The van der Waals surface area contributed by atoms with Gasteiger partial charge in [-0.05, 0) is 36.2 Å². The summed E-state index contributed by atoms with van der Waals surface area (Å²) in [5, 5.41) is 8.83. The summed E-state index contributed by atoms with van der Waals surface area (Å²) in [5.41, 5.74) is -1.38. The molecule has 16 heavy (non-hydrogen) atoms. The number of rotatable bonds is 3. The lowest BCUT2D eigenvalue weighted by Crippen LogP contribution is -2.36. The first-order valence-electron chi connectivity index (χ1n) is 4.77. The van der Waals surface area contributed by atoms with Crippen LogP contribution in [0.2, 0.25) is 0 Å². The topological polar surface area (TPSA) is 78.7 Å². The molecule has 0 radical (unpaired) electrons. The van der Waals surface area contributed by atoms with Crippen LogP contribution in [0.5, 0.6) is 0 Å². The Labute approximate surface area is 101 Å². The van der Waals surface area contributed by atoms with Crippen LogP contribution in [-0.2, 0) is 6.54 Å². The van der Waals surface area contributed by atoms with E-state index < -0.39 is 11.1 Å². The summed E-state index contributed by atoms with van der Waals surface area (Å²) in [4.78, 5) is 25.4. The molecular weight excluding hydrogens is 274 g/mol. The molecule has 0 bridgehead atoms. The summed E-state index contributed by atoms with van der Waals surface area (Å²) in [6.45, 7) is 3.77. The molecule has 1 N–H and O–H groups in total. The van der Waals surface area contributed by atoms with Crippen molar-refractivity contribution in [2.24, 2.45) is 5.41 Å². The lowest BCUT2D eigenvalue weighted by atomic mass is 9.91. The zero-order chi connectivity index (χ0) is 12.3. The molecule has 1 aromatic rings. The number of halogens is 1. The van der Waals surface area contributed by atoms with Crippen LogP contribution in [-0.4, -0.2) is 9.55 Å². The molecule has 1 aromatic heterocycles. The summed E-state index contributed by atoms with van der Waals surface area (Å²) in [6, 6.07) is 2.13. The fourth-order valence-electron chi connectivity index (χ4n) is 1.14. The fraction of sp³-hybridized carbons (Fsp3) is 0.500. The van der Waals surface area contributed by atoms with Crippen molar-refractivity contribution in [3.05, 3.63) is 31.5 Å². The molecule has 0 saturated heterocycles. The monoisotopic (exact) mass is 285 g/mol. The summed E-state index contributed by atoms with van der Waals surface area (Å²) in [6.07, 6.45) is 1.76. The number of nitriles is 1. The lowest BCUT2D eigenvalue weighted by molar-refractivity contribution is 0.402. The van der Waals surface area contributed by atoms with Crippen LogP contribution < -0.4 is 11.2 Å². The SMILES string of the molecule is CC(C)(C#N)CCn1c(=O)[nH]cc(Br)c1=O. The van der Waals surface area contributed by atoms with Crippen LogP contribution in [0.1, 0.15) is 20.3 Å². The molecule has 5 nitrogen and oxygen atoms in total. The Morgan fingerprint density at radius 1 is 1.56 bits per heavy atom. The number of aromatic nitrogens is 2. The molecule has 0 aliphatic carbocycles. The van der Waals surface area contributed by atoms with Crippen LogP contribution in [0.3, 0.4) is 0 Å². The minimum Gasteiger partial charge on any atom is -0.313 e. The maximum Gasteiger partial charge on any atom is 0.328 e. The van der Waals surface area contributed by atoms with Crippen LogP contribution in [0.15, 0.2) is 20.3 Å². The van der Waals surface area contributed by atoms with Gasteiger partial charge in [0.25, 0.3) is 5.56 Å². The zero-order valence-corrected chi connectivity index (χ0v) is 10.7. The van der Waals surface area contributed by atoms with Gasteiger partial charge in [-0.1, -0.05) is 0 Å². The molecule has 0 aliphatic heterocycles. The quantitative estimate of drug-likeness (QED) is 0.908. The van der Waals surface area contributed by atoms with Gasteiger partial charge in [0.05, 0.1) is 16.0 Å². The van der Waals surface area contributed by atoms with Gasteiger partial charge in [0.1, 0.15) is 0 Å². The number of hydrogen-bond acceptors (Lipinski definition) is 3. The Kier molecular flexibility index (Phi) is 3.70. The van der Waals surface area contributed by atoms with E-state index in [1.165, 1.54) is 6.20 Å². The minimum absolute atomic E-state index is 0.230. The first kappa shape index (κ1) is 12.7. The van der Waals surface area contributed by atoms with Crippen LogP contribution in [0.25, 0.3) is 0 Å². The molecule has 0 aromatic carbocycles. The van der Waals surface area contributed by atoms with E-state index in [1.54, 1.807) is 13.8 Å². The second-order valence-corrected chi connectivity index (χ2v) is 5.00. The molecule has 0 fully saturated rings. The molecule has 1 heterocycles. The molecule has 0 saturated carbocycles. The van der Waals surface area contributed by atoms with E-state index in [4.69, 9.17) is 5.26 Å². The Morgan fingerprint density at radius 2 is 2.19 bits per heavy atom. The third-order valence-corrected chi connectivity index (χ3v) is 2.85. The third-order valence-electron chi connectivity index (χ3n) is 2.28. The molecule has 0 unspecified atom stereocenters. The number of aromatic amines is 1. The van der Waals surface area contributed by atoms with Crippen molar-refractivity contribution < 1.29 is 0 Å². The van der Waals surface area contributed by atoms with Crippen molar-refractivity contribution >= 4 is 15.9 Å². The normalized spacial score (nSPS) is 11.1. The van der Waals surface area contributed by atoms with Gasteiger partial charge < -0.3 is 4.98 Å². The first-order chi connectivity index (χ1) is 7.37. The lowest BCUT2D eigenvalue weighted by Gasteiger charge is -2.14. The molecule has 6 heteroatoms. The highest BCUT2D eigenvalue weighted by Gasteiger charge is 2.17. The second-order valence-electron chi connectivity index (χ2n) is 4.14. The van der Waals surface area contributed by atoms with Gasteiger partial charge in [-0.3, -0.25) is 9.36 Å². The van der Waals surface area contributed by atoms with Crippen molar-refractivity contribution in [2.45, 2.75) is 26.8 Å². The van der Waals surface area contributed by atoms with Crippen molar-refractivity contribution in [2.75, 3.05) is 0 Å². The predicted molar refractivity (Wildman–Crippen MR) is 63.0 cm³/mol. The van der Waals surface area contributed by atoms with Crippen molar-refractivity contribution in [3.63, 3.8) is 0 Å². The predicted octanol–water partition coefficient (Wildman–Crippen LogP) is 1.24. The van der Waals surface area contributed by atoms with E-state index >= 15 is 0 Å². The highest BCUT2D eigenvalue weighted by Crippen LogP contribution is 2.18. The van der Waals surface area contributed by atoms with Gasteiger partial charge in [0.15, 0.2) is 0 Å². The summed E-state index contributed by atoms with van der Waals surface area (Å²) in [5.74, 6) is 0. The van der Waals surface area contributed by atoms with Crippen molar-refractivity contribution in [1.82, 2.24) is 9.55 Å². The van der Waals surface area contributed by atoms with Crippen LogP contribution in [0, 0.1) is 16.7 Å². The van der Waals surface area contributed by atoms with E-state index in [1.807, 2.05) is 0 Å². The Hall–Kier alpha value is -1.35. The van der Waals surface area contributed by atoms with Gasteiger partial charge in [-0.2, -0.15) is 5.26 Å². The molecular formula is C10H12BrN3O2. The Balaban J connectivity index is 3.01. The average molecular weight is 286 g/mol. The smallest absolute Gasteiger partial charge is 0.313 e. The maximum atomic E-state index is 11.6. The summed E-state index contributed by atoms with van der Waals surface area (Å²) >= 11 is 3.05. The van der Waals surface area contributed by atoms with Crippen molar-refractivity contribution in [3.8, 4) is 6.07 Å². The van der Waals surface area contributed by atoms with Gasteiger partial charge in [-0.25, -0.2) is 4.79 Å². The molecule has 0 atom stereocenters. The van der Waals surface area contributed by atoms with E-state index in [0.717, 1.165) is 4.57 Å². The largest absolute Gasteiger partial charge is 0.328 e. The van der Waals surface area contributed by atoms with E-state index in [9.17, 15) is 9.59 Å². The summed E-state index contributed by atoms with van der Waals surface area (Å²) < 4.78 is 1.39. The Bertz CT molecular complexity index is 536. The molecule has 86 valence electrons. The Morgan fingerprint density at radius 3 is 2.75 bits per heavy atom.